The predicted octanol–water partition coefficient (Wildman–Crippen LogP) is 8.46. The van der Waals surface area contributed by atoms with Gasteiger partial charge in [0.15, 0.2) is 0 Å². The zero-order valence-corrected chi connectivity index (χ0v) is 24.2. The fourth-order valence-electron chi connectivity index (χ4n) is 4.80. The van der Waals surface area contributed by atoms with Crippen molar-refractivity contribution in [1.82, 2.24) is 9.97 Å². The summed E-state index contributed by atoms with van der Waals surface area (Å²) >= 11 is 0. The van der Waals surface area contributed by atoms with E-state index < -0.39 is 0 Å². The lowest BCUT2D eigenvalue weighted by atomic mass is 9.96. The first-order valence-corrected chi connectivity index (χ1v) is 13.8. The number of aromatic nitrogens is 2. The normalized spacial score (nSPS) is 9.97. The number of H-pyrrole nitrogens is 1. The zero-order valence-electron chi connectivity index (χ0n) is 24.2. The number of nitriles is 1. The van der Waals surface area contributed by atoms with Gasteiger partial charge in [-0.15, -0.1) is 0 Å². The number of pyridine rings is 1. The summed E-state index contributed by atoms with van der Waals surface area (Å²) in [5, 5.41) is 11.5. The predicted molar refractivity (Wildman–Crippen MR) is 162 cm³/mol. The van der Waals surface area contributed by atoms with Crippen molar-refractivity contribution >= 4 is 35.5 Å². The van der Waals surface area contributed by atoms with Gasteiger partial charge in [0.2, 0.25) is 0 Å². The molecule has 0 aliphatic carbocycles. The Bertz CT molecular complexity index is 1320. The lowest BCUT2D eigenvalue weighted by Crippen LogP contribution is -2.12. The van der Waals surface area contributed by atoms with E-state index in [2.05, 4.69) is 73.2 Å². The van der Waals surface area contributed by atoms with Crippen molar-refractivity contribution in [1.29, 1.82) is 5.26 Å². The van der Waals surface area contributed by atoms with Crippen LogP contribution in [-0.2, 0) is 16.0 Å². The van der Waals surface area contributed by atoms with Crippen molar-refractivity contribution in [3.8, 4) is 22.9 Å². The number of fused-ring (bicyclic) bond motifs is 3. The third-order valence-corrected chi connectivity index (χ3v) is 6.34. The second kappa shape index (κ2) is 18.3. The van der Waals surface area contributed by atoms with Crippen LogP contribution >= 0.6 is 0 Å². The third-order valence-electron chi connectivity index (χ3n) is 6.34. The van der Waals surface area contributed by atoms with Gasteiger partial charge < -0.3 is 19.3 Å². The number of aryl methyl sites for hydroxylation is 1. The Balaban J connectivity index is 0.00000119. The number of ether oxygens (including phenoxy) is 1. The van der Waals surface area contributed by atoms with Gasteiger partial charge in [-0.05, 0) is 60.1 Å². The van der Waals surface area contributed by atoms with Gasteiger partial charge >= 0.3 is 0 Å². The Hall–Kier alpha value is -3.98. The second-order valence-electron chi connectivity index (χ2n) is 8.92. The van der Waals surface area contributed by atoms with Gasteiger partial charge in [0, 0.05) is 17.0 Å². The summed E-state index contributed by atoms with van der Waals surface area (Å²) < 4.78 is 6.40. The molecule has 0 radical (unpaired) electrons. The number of rotatable bonds is 10. The Morgan fingerprint density at radius 1 is 0.974 bits per heavy atom. The lowest BCUT2D eigenvalue weighted by molar-refractivity contribution is -0.0987. The summed E-state index contributed by atoms with van der Waals surface area (Å²) in [5.41, 5.74) is 5.95. The Morgan fingerprint density at radius 2 is 1.67 bits per heavy atom. The summed E-state index contributed by atoms with van der Waals surface area (Å²) in [5.74, 6) is 1.42. The number of hydrogen-bond acceptors (Lipinski definition) is 5. The molecule has 0 saturated carbocycles. The van der Waals surface area contributed by atoms with Gasteiger partial charge in [-0.2, -0.15) is 5.26 Å². The fraction of sp³-hybridized carbons (Fsp3) is 0.394. The molecule has 4 aromatic rings. The molecule has 39 heavy (non-hydrogen) atoms. The topological polar surface area (TPSA) is 95.8 Å². The van der Waals surface area contributed by atoms with E-state index in [-0.39, 0.29) is 0 Å². The smallest absolute Gasteiger partial charge is 0.143 e. The third kappa shape index (κ3) is 8.51. The SMILES string of the molecule is C=O.C=O.CC.CCCc1cccc(-c2ccc(OCC(CCC)CCC)c3[nH]c4ncc(C#N)cc4c23)c1. The number of aromatic amines is 1. The Labute approximate surface area is 233 Å². The average Bonchev–Trinajstić information content (AvgIpc) is 3.38. The summed E-state index contributed by atoms with van der Waals surface area (Å²) in [6.45, 7) is 15.4. The van der Waals surface area contributed by atoms with Crippen LogP contribution < -0.4 is 4.74 Å². The van der Waals surface area contributed by atoms with Crippen LogP contribution in [0.4, 0.5) is 0 Å². The summed E-state index contributed by atoms with van der Waals surface area (Å²) in [6, 6.07) is 17.2. The Kier molecular flexibility index (Phi) is 15.5. The molecule has 0 fully saturated rings. The van der Waals surface area contributed by atoms with E-state index in [9.17, 15) is 5.26 Å². The minimum atomic E-state index is 0.561. The molecule has 0 amide bonds. The molecule has 0 aliphatic rings. The number of nitrogens with zero attached hydrogens (tertiary/aromatic N) is 2. The van der Waals surface area contributed by atoms with Gasteiger partial charge in [0.05, 0.1) is 17.7 Å². The molecule has 6 nitrogen and oxygen atoms in total. The van der Waals surface area contributed by atoms with Crippen molar-refractivity contribution < 1.29 is 14.3 Å². The molecule has 208 valence electrons. The quantitative estimate of drug-likeness (QED) is 0.222. The highest BCUT2D eigenvalue weighted by Gasteiger charge is 2.17. The highest BCUT2D eigenvalue weighted by atomic mass is 16.5. The number of carbonyl (C=O) groups is 2. The molecule has 2 heterocycles. The van der Waals surface area contributed by atoms with Crippen molar-refractivity contribution in [2.24, 2.45) is 5.92 Å². The van der Waals surface area contributed by atoms with Gasteiger partial charge in [-0.1, -0.05) is 78.1 Å². The molecule has 0 bridgehead atoms. The van der Waals surface area contributed by atoms with Crippen LogP contribution in [0, 0.1) is 17.2 Å². The Morgan fingerprint density at radius 3 is 2.28 bits per heavy atom. The molecule has 0 saturated heterocycles. The van der Waals surface area contributed by atoms with Crippen LogP contribution in [0.15, 0.2) is 48.7 Å². The minimum absolute atomic E-state index is 0.561. The molecule has 4 rings (SSSR count). The molecule has 0 unspecified atom stereocenters. The van der Waals surface area contributed by atoms with Crippen LogP contribution in [0.25, 0.3) is 33.1 Å². The minimum Gasteiger partial charge on any atom is -0.491 e. The van der Waals surface area contributed by atoms with Gasteiger partial charge in [0.1, 0.15) is 31.0 Å². The van der Waals surface area contributed by atoms with E-state index in [1.54, 1.807) is 6.20 Å². The monoisotopic (exact) mass is 529 g/mol. The molecule has 1 N–H and O–H groups in total. The number of nitrogens with one attached hydrogen (secondary N) is 1. The van der Waals surface area contributed by atoms with E-state index in [1.165, 1.54) is 36.8 Å². The number of benzene rings is 2. The van der Waals surface area contributed by atoms with E-state index in [4.69, 9.17) is 14.3 Å². The van der Waals surface area contributed by atoms with Gasteiger partial charge in [-0.3, -0.25) is 0 Å². The first-order chi connectivity index (χ1) is 19.2. The zero-order chi connectivity index (χ0) is 29.2. The summed E-state index contributed by atoms with van der Waals surface area (Å²) in [4.78, 5) is 24.0. The largest absolute Gasteiger partial charge is 0.491 e. The summed E-state index contributed by atoms with van der Waals surface area (Å²) in [7, 11) is 0. The van der Waals surface area contributed by atoms with Crippen LogP contribution in [0.1, 0.15) is 77.8 Å². The maximum Gasteiger partial charge on any atom is 0.143 e. The molecule has 0 spiro atoms. The molecule has 2 aromatic heterocycles. The fourth-order valence-corrected chi connectivity index (χ4v) is 4.80. The second-order valence-corrected chi connectivity index (χ2v) is 8.92. The van der Waals surface area contributed by atoms with Crippen molar-refractivity contribution in [3.05, 3.63) is 59.8 Å². The van der Waals surface area contributed by atoms with E-state index in [0.29, 0.717) is 18.1 Å². The maximum absolute atomic E-state index is 9.46. The molecule has 6 heteroatoms. The standard InChI is InChI=1S/C29H33N3O.C2H6.2CH2O/c1-4-8-20-11-7-12-23(15-20)24-13-14-26(33-19-21(9-5-2)10-6-3)28-27(24)25-16-22(17-30)18-31-29(25)32-28;3*1-2/h7,11-16,18,21H,4-6,8-10,19H2,1-3H3,(H,31,32);1-2H3;2*1H2. The molecular weight excluding hydrogens is 486 g/mol. The van der Waals surface area contributed by atoms with E-state index in [1.807, 2.05) is 33.5 Å². The van der Waals surface area contributed by atoms with Crippen LogP contribution in [0.5, 0.6) is 5.75 Å². The van der Waals surface area contributed by atoms with Crippen LogP contribution in [0.2, 0.25) is 0 Å². The molecular formula is C33H43N3O3. The van der Waals surface area contributed by atoms with E-state index >= 15 is 0 Å². The lowest BCUT2D eigenvalue weighted by Gasteiger charge is -2.17. The molecule has 2 aromatic carbocycles. The van der Waals surface area contributed by atoms with Crippen LogP contribution in [-0.4, -0.2) is 30.2 Å². The first-order valence-electron chi connectivity index (χ1n) is 13.8. The van der Waals surface area contributed by atoms with Crippen molar-refractivity contribution in [2.45, 2.75) is 73.1 Å². The molecule has 0 atom stereocenters. The highest BCUT2D eigenvalue weighted by molar-refractivity contribution is 6.15. The summed E-state index contributed by atoms with van der Waals surface area (Å²) in [6.07, 6.45) is 8.50. The van der Waals surface area contributed by atoms with E-state index in [0.717, 1.165) is 46.1 Å². The first kappa shape index (κ1) is 33.0. The number of hydrogen-bond donors (Lipinski definition) is 1. The molecule has 0 aliphatic heterocycles. The van der Waals surface area contributed by atoms with Crippen molar-refractivity contribution in [3.63, 3.8) is 0 Å². The van der Waals surface area contributed by atoms with Gasteiger partial charge in [-0.25, -0.2) is 4.98 Å². The maximum atomic E-state index is 9.46. The van der Waals surface area contributed by atoms with Crippen molar-refractivity contribution in [2.75, 3.05) is 6.61 Å². The number of carbonyl (C=O) groups excluding carboxylic acids is 2. The van der Waals surface area contributed by atoms with Crippen LogP contribution in [0.3, 0.4) is 0 Å². The van der Waals surface area contributed by atoms with Gasteiger partial charge in [0.25, 0.3) is 0 Å². The highest BCUT2D eigenvalue weighted by Crippen LogP contribution is 2.39. The average molecular weight is 530 g/mol.